The van der Waals surface area contributed by atoms with Crippen LogP contribution in [0.15, 0.2) is 0 Å². The quantitative estimate of drug-likeness (QED) is 0.859. The van der Waals surface area contributed by atoms with E-state index in [-0.39, 0.29) is 5.91 Å². The maximum Gasteiger partial charge on any atom is 0.282 e. The third kappa shape index (κ3) is 2.65. The third-order valence-corrected chi connectivity index (χ3v) is 3.15. The molecule has 1 aliphatic carbocycles. The van der Waals surface area contributed by atoms with Crippen LogP contribution in [0.3, 0.4) is 0 Å². The molecule has 4 nitrogen and oxygen atoms in total. The predicted molar refractivity (Wildman–Crippen MR) is 54.6 cm³/mol. The van der Waals surface area contributed by atoms with Crippen molar-refractivity contribution in [3.63, 3.8) is 0 Å². The van der Waals surface area contributed by atoms with E-state index in [1.165, 1.54) is 12.8 Å². The second-order valence-corrected chi connectivity index (χ2v) is 4.91. The lowest BCUT2D eigenvalue weighted by atomic mass is 10.3. The first kappa shape index (κ1) is 9.86. The van der Waals surface area contributed by atoms with E-state index in [4.69, 9.17) is 11.6 Å². The third-order valence-electron chi connectivity index (χ3n) is 2.13. The Balaban J connectivity index is 1.76. The highest BCUT2D eigenvalue weighted by molar-refractivity contribution is 7.17. The molecule has 0 unspecified atom stereocenters. The maximum absolute atomic E-state index is 11.4. The smallest absolute Gasteiger partial charge is 0.282 e. The molecule has 1 aromatic heterocycles. The Labute approximate surface area is 90.7 Å². The van der Waals surface area contributed by atoms with Gasteiger partial charge in [-0.25, -0.2) is 0 Å². The molecule has 1 fully saturated rings. The normalized spacial score (nSPS) is 15.5. The Morgan fingerprint density at radius 2 is 2.36 bits per heavy atom. The standard InChI is InChI=1S/C8H10ClN3OS/c9-8-12-11-7(14-8)6(13)10-4-3-5-1-2-5/h5H,1-4H2,(H,10,13). The first-order chi connectivity index (χ1) is 6.75. The van der Waals surface area contributed by atoms with Crippen LogP contribution in [0.1, 0.15) is 29.1 Å². The first-order valence-electron chi connectivity index (χ1n) is 4.53. The summed E-state index contributed by atoms with van der Waals surface area (Å²) in [6.07, 6.45) is 3.68. The minimum absolute atomic E-state index is 0.171. The van der Waals surface area contributed by atoms with Crippen molar-refractivity contribution >= 4 is 28.8 Å². The number of amides is 1. The molecule has 0 saturated heterocycles. The summed E-state index contributed by atoms with van der Waals surface area (Å²) in [6.45, 7) is 0.723. The topological polar surface area (TPSA) is 54.9 Å². The first-order valence-corrected chi connectivity index (χ1v) is 5.72. The Bertz CT molecular complexity index is 337. The average Bonchev–Trinajstić information content (AvgIpc) is 2.87. The van der Waals surface area contributed by atoms with Gasteiger partial charge in [0.05, 0.1) is 0 Å². The lowest BCUT2D eigenvalue weighted by Gasteiger charge is -1.99. The molecular weight excluding hydrogens is 222 g/mol. The molecule has 1 aliphatic rings. The molecule has 14 heavy (non-hydrogen) atoms. The summed E-state index contributed by atoms with van der Waals surface area (Å²) in [5.74, 6) is 0.656. The fourth-order valence-corrected chi connectivity index (χ4v) is 1.91. The van der Waals surface area contributed by atoms with Crippen molar-refractivity contribution in [1.29, 1.82) is 0 Å². The lowest BCUT2D eigenvalue weighted by molar-refractivity contribution is 0.0951. The molecule has 1 aromatic rings. The number of hydrogen-bond acceptors (Lipinski definition) is 4. The molecule has 76 valence electrons. The number of halogens is 1. The van der Waals surface area contributed by atoms with Crippen molar-refractivity contribution in [3.8, 4) is 0 Å². The van der Waals surface area contributed by atoms with Gasteiger partial charge in [-0.3, -0.25) is 4.79 Å². The number of carbonyl (C=O) groups excluding carboxylic acids is 1. The van der Waals surface area contributed by atoms with Crippen LogP contribution in [0, 0.1) is 5.92 Å². The number of nitrogens with zero attached hydrogens (tertiary/aromatic N) is 2. The number of carbonyl (C=O) groups is 1. The van der Waals surface area contributed by atoms with Gasteiger partial charge in [0.2, 0.25) is 9.47 Å². The van der Waals surface area contributed by atoms with Crippen molar-refractivity contribution < 1.29 is 4.79 Å². The van der Waals surface area contributed by atoms with Crippen molar-refractivity contribution in [1.82, 2.24) is 15.5 Å². The molecule has 1 N–H and O–H groups in total. The average molecular weight is 232 g/mol. The molecule has 0 aliphatic heterocycles. The van der Waals surface area contributed by atoms with Crippen LogP contribution in [0.25, 0.3) is 0 Å². The Kier molecular flexibility index (Phi) is 2.98. The highest BCUT2D eigenvalue weighted by Crippen LogP contribution is 2.31. The van der Waals surface area contributed by atoms with Gasteiger partial charge in [0.15, 0.2) is 0 Å². The van der Waals surface area contributed by atoms with Gasteiger partial charge in [-0.05, 0) is 23.9 Å². The van der Waals surface area contributed by atoms with Gasteiger partial charge >= 0.3 is 0 Å². The van der Waals surface area contributed by atoms with Gasteiger partial charge in [-0.15, -0.1) is 10.2 Å². The second-order valence-electron chi connectivity index (χ2n) is 3.35. The van der Waals surface area contributed by atoms with Crippen molar-refractivity contribution in [2.75, 3.05) is 6.54 Å². The van der Waals surface area contributed by atoms with Crippen LogP contribution in [0.5, 0.6) is 0 Å². The number of rotatable bonds is 4. The van der Waals surface area contributed by atoms with Crippen LogP contribution in [0.4, 0.5) is 0 Å². The number of hydrogen-bond donors (Lipinski definition) is 1. The summed E-state index contributed by atoms with van der Waals surface area (Å²) >= 11 is 6.67. The molecule has 0 aromatic carbocycles. The zero-order chi connectivity index (χ0) is 9.97. The van der Waals surface area contributed by atoms with E-state index in [9.17, 15) is 4.79 Å². The molecule has 0 radical (unpaired) electrons. The van der Waals surface area contributed by atoms with Crippen molar-refractivity contribution in [2.24, 2.45) is 5.92 Å². The fourth-order valence-electron chi connectivity index (χ4n) is 1.17. The van der Waals surface area contributed by atoms with Crippen LogP contribution >= 0.6 is 22.9 Å². The summed E-state index contributed by atoms with van der Waals surface area (Å²) in [5.41, 5.74) is 0. The molecule has 1 saturated carbocycles. The summed E-state index contributed by atoms with van der Waals surface area (Å²) < 4.78 is 0.303. The van der Waals surface area contributed by atoms with Gasteiger partial charge < -0.3 is 5.32 Å². The molecule has 0 spiro atoms. The highest BCUT2D eigenvalue weighted by atomic mass is 35.5. The monoisotopic (exact) mass is 231 g/mol. The lowest BCUT2D eigenvalue weighted by Crippen LogP contribution is -2.24. The highest BCUT2D eigenvalue weighted by Gasteiger charge is 2.21. The van der Waals surface area contributed by atoms with Crippen LogP contribution in [0.2, 0.25) is 4.47 Å². The molecule has 6 heteroatoms. The predicted octanol–water partition coefficient (Wildman–Crippen LogP) is 1.72. The van der Waals surface area contributed by atoms with E-state index < -0.39 is 0 Å². The summed E-state index contributed by atoms with van der Waals surface area (Å²) in [7, 11) is 0. The van der Waals surface area contributed by atoms with Gasteiger partial charge in [-0.1, -0.05) is 24.2 Å². The summed E-state index contributed by atoms with van der Waals surface area (Å²) in [4.78, 5) is 11.4. The second kappa shape index (κ2) is 4.23. The molecule has 1 amide bonds. The molecule has 0 atom stereocenters. The van der Waals surface area contributed by atoms with Crippen molar-refractivity contribution in [3.05, 3.63) is 9.47 Å². The number of aromatic nitrogens is 2. The van der Waals surface area contributed by atoms with E-state index >= 15 is 0 Å². The molecular formula is C8H10ClN3OS. The molecule has 2 rings (SSSR count). The van der Waals surface area contributed by atoms with Crippen LogP contribution in [-0.2, 0) is 0 Å². The minimum atomic E-state index is -0.171. The van der Waals surface area contributed by atoms with E-state index in [0.717, 1.165) is 30.2 Å². The fraction of sp³-hybridized carbons (Fsp3) is 0.625. The SMILES string of the molecule is O=C(NCCC1CC1)c1nnc(Cl)s1. The van der Waals surface area contributed by atoms with E-state index in [1.807, 2.05) is 0 Å². The van der Waals surface area contributed by atoms with E-state index in [1.54, 1.807) is 0 Å². The maximum atomic E-state index is 11.4. The van der Waals surface area contributed by atoms with E-state index in [0.29, 0.717) is 9.47 Å². The summed E-state index contributed by atoms with van der Waals surface area (Å²) in [6, 6.07) is 0. The Hall–Kier alpha value is -0.680. The summed E-state index contributed by atoms with van der Waals surface area (Å²) in [5, 5.41) is 10.4. The van der Waals surface area contributed by atoms with Crippen LogP contribution < -0.4 is 5.32 Å². The zero-order valence-electron chi connectivity index (χ0n) is 7.49. The Morgan fingerprint density at radius 3 is 2.93 bits per heavy atom. The van der Waals surface area contributed by atoms with Gasteiger partial charge in [-0.2, -0.15) is 0 Å². The molecule has 0 bridgehead atoms. The minimum Gasteiger partial charge on any atom is -0.350 e. The van der Waals surface area contributed by atoms with Crippen LogP contribution in [-0.4, -0.2) is 22.6 Å². The van der Waals surface area contributed by atoms with Gasteiger partial charge in [0, 0.05) is 6.54 Å². The Morgan fingerprint density at radius 1 is 1.57 bits per heavy atom. The van der Waals surface area contributed by atoms with Crippen molar-refractivity contribution in [2.45, 2.75) is 19.3 Å². The van der Waals surface area contributed by atoms with Gasteiger partial charge in [0.1, 0.15) is 0 Å². The molecule has 1 heterocycles. The zero-order valence-corrected chi connectivity index (χ0v) is 9.07. The number of nitrogens with one attached hydrogen (secondary N) is 1. The van der Waals surface area contributed by atoms with Gasteiger partial charge in [0.25, 0.3) is 5.91 Å². The largest absolute Gasteiger partial charge is 0.350 e. The van der Waals surface area contributed by atoms with E-state index in [2.05, 4.69) is 15.5 Å².